The molecule has 0 spiro atoms. The number of likely N-dealkylation sites (tertiary alicyclic amines) is 1. The third kappa shape index (κ3) is 6.58. The van der Waals surface area contributed by atoms with Gasteiger partial charge in [0.2, 0.25) is 0 Å². The number of benzene rings is 3. The minimum absolute atomic E-state index is 0.233. The van der Waals surface area contributed by atoms with Crippen LogP contribution in [0.3, 0.4) is 0 Å². The summed E-state index contributed by atoms with van der Waals surface area (Å²) >= 11 is 0. The molecule has 3 aromatic carbocycles. The molecule has 4 aromatic rings. The SMILES string of the molecule is Cc1cccc2cccc(N3CCc4c(nc(OC[C@@H]5CCCN5C)nc4N4CCC(N=C=NCc5ccccc5)CC4)C3)c12. The van der Waals surface area contributed by atoms with E-state index in [4.69, 9.17) is 14.7 Å². The molecule has 232 valence electrons. The van der Waals surface area contributed by atoms with Crippen LogP contribution in [0.2, 0.25) is 0 Å². The van der Waals surface area contributed by atoms with E-state index in [9.17, 15) is 0 Å². The molecule has 0 unspecified atom stereocenters. The van der Waals surface area contributed by atoms with E-state index in [1.807, 2.05) is 18.2 Å². The van der Waals surface area contributed by atoms with Crippen molar-refractivity contribution in [2.45, 2.75) is 64.2 Å². The first-order chi connectivity index (χ1) is 22.1. The first kappa shape index (κ1) is 29.5. The Morgan fingerprint density at radius 3 is 2.51 bits per heavy atom. The van der Waals surface area contributed by atoms with Crippen LogP contribution in [0.1, 0.15) is 48.1 Å². The molecule has 1 atom stereocenters. The predicted molar refractivity (Wildman–Crippen MR) is 182 cm³/mol. The highest BCUT2D eigenvalue weighted by atomic mass is 16.5. The molecule has 0 amide bonds. The molecule has 0 bridgehead atoms. The van der Waals surface area contributed by atoms with E-state index in [1.165, 1.54) is 39.6 Å². The normalized spacial score (nSPS) is 18.9. The van der Waals surface area contributed by atoms with Crippen LogP contribution in [0, 0.1) is 6.92 Å². The van der Waals surface area contributed by atoms with Gasteiger partial charge in [-0.1, -0.05) is 60.7 Å². The van der Waals surface area contributed by atoms with E-state index in [1.54, 1.807) is 0 Å². The first-order valence-electron chi connectivity index (χ1n) is 16.5. The van der Waals surface area contributed by atoms with Crippen molar-refractivity contribution in [2.75, 3.05) is 49.6 Å². The van der Waals surface area contributed by atoms with Crippen LogP contribution in [-0.4, -0.2) is 72.8 Å². The number of likely N-dealkylation sites (N-methyl/N-ethyl adjacent to an activating group) is 1. The van der Waals surface area contributed by atoms with Gasteiger partial charge in [-0.2, -0.15) is 9.97 Å². The number of nitrogens with zero attached hydrogens (tertiary/aromatic N) is 7. The van der Waals surface area contributed by atoms with Gasteiger partial charge in [-0.05, 0) is 75.2 Å². The highest BCUT2D eigenvalue weighted by Crippen LogP contribution is 2.36. The molecule has 3 aliphatic rings. The number of hydrogen-bond donors (Lipinski definition) is 0. The van der Waals surface area contributed by atoms with Gasteiger partial charge in [0.25, 0.3) is 0 Å². The van der Waals surface area contributed by atoms with E-state index in [2.05, 4.69) is 93.2 Å². The monoisotopic (exact) mass is 601 g/mol. The van der Waals surface area contributed by atoms with Crippen molar-refractivity contribution in [1.82, 2.24) is 14.9 Å². The number of piperidine rings is 1. The van der Waals surface area contributed by atoms with Crippen LogP contribution in [0.4, 0.5) is 11.5 Å². The fourth-order valence-corrected chi connectivity index (χ4v) is 7.09. The van der Waals surface area contributed by atoms with Gasteiger partial charge in [-0.15, -0.1) is 0 Å². The molecule has 8 nitrogen and oxygen atoms in total. The number of aryl methyl sites for hydroxylation is 1. The second kappa shape index (κ2) is 13.4. The molecule has 0 N–H and O–H groups in total. The van der Waals surface area contributed by atoms with Crippen molar-refractivity contribution >= 4 is 28.3 Å². The fraction of sp³-hybridized carbons (Fsp3) is 0.432. The Morgan fingerprint density at radius 1 is 0.889 bits per heavy atom. The van der Waals surface area contributed by atoms with Crippen LogP contribution in [0.25, 0.3) is 10.8 Å². The van der Waals surface area contributed by atoms with Gasteiger partial charge in [0.05, 0.1) is 30.8 Å². The molecule has 3 aliphatic heterocycles. The Labute approximate surface area is 266 Å². The molecule has 0 radical (unpaired) electrons. The maximum absolute atomic E-state index is 6.36. The molecular formula is C37H43N7O. The van der Waals surface area contributed by atoms with Gasteiger partial charge in [-0.25, -0.2) is 9.98 Å². The molecule has 2 fully saturated rings. The third-order valence-electron chi connectivity index (χ3n) is 9.71. The minimum atomic E-state index is 0.233. The molecule has 2 saturated heterocycles. The zero-order valence-corrected chi connectivity index (χ0v) is 26.5. The van der Waals surface area contributed by atoms with Crippen LogP contribution >= 0.6 is 0 Å². The number of rotatable bonds is 8. The summed E-state index contributed by atoms with van der Waals surface area (Å²) < 4.78 is 6.36. The lowest BCUT2D eigenvalue weighted by Crippen LogP contribution is -2.39. The molecule has 8 heteroatoms. The summed E-state index contributed by atoms with van der Waals surface area (Å²) in [5, 5.41) is 2.61. The van der Waals surface area contributed by atoms with E-state index >= 15 is 0 Å². The summed E-state index contributed by atoms with van der Waals surface area (Å²) in [6.07, 6.45) is 5.19. The van der Waals surface area contributed by atoms with Crippen LogP contribution in [0.15, 0.2) is 76.7 Å². The lowest BCUT2D eigenvalue weighted by atomic mass is 9.99. The lowest BCUT2D eigenvalue weighted by molar-refractivity contribution is 0.187. The largest absolute Gasteiger partial charge is 0.462 e. The number of fused-ring (bicyclic) bond motifs is 2. The molecule has 0 saturated carbocycles. The van der Waals surface area contributed by atoms with Crippen molar-refractivity contribution in [1.29, 1.82) is 0 Å². The Hall–Kier alpha value is -4.26. The summed E-state index contributed by atoms with van der Waals surface area (Å²) in [5.74, 6) is 1.05. The Bertz CT molecular complexity index is 1690. The quantitative estimate of drug-likeness (QED) is 0.220. The molecule has 4 heterocycles. The van der Waals surface area contributed by atoms with Gasteiger partial charge in [0, 0.05) is 42.3 Å². The van der Waals surface area contributed by atoms with Crippen LogP contribution < -0.4 is 14.5 Å². The standard InChI is InChI=1S/C37H43N7O/c1-27-9-6-12-29-13-7-15-34(35(27)29)44-22-18-32-33(24-44)40-37(45-25-31-14-8-19-42(31)2)41-36(32)43-20-16-30(17-21-43)39-26-38-23-28-10-4-3-5-11-28/h3-7,9-13,15,30-31H,8,14,16-25H2,1-2H3/t31-/m0/s1. The van der Waals surface area contributed by atoms with E-state index in [-0.39, 0.29) is 6.04 Å². The molecule has 0 aliphatic carbocycles. The van der Waals surface area contributed by atoms with E-state index in [0.29, 0.717) is 25.2 Å². The third-order valence-corrected chi connectivity index (χ3v) is 9.71. The average Bonchev–Trinajstić information content (AvgIpc) is 3.50. The maximum atomic E-state index is 6.36. The van der Waals surface area contributed by atoms with Crippen molar-refractivity contribution in [3.63, 3.8) is 0 Å². The van der Waals surface area contributed by atoms with Crippen molar-refractivity contribution in [3.8, 4) is 6.01 Å². The smallest absolute Gasteiger partial charge is 0.318 e. The van der Waals surface area contributed by atoms with Crippen molar-refractivity contribution in [2.24, 2.45) is 9.98 Å². The topological polar surface area (TPSA) is 69.5 Å². The molecule has 45 heavy (non-hydrogen) atoms. The van der Waals surface area contributed by atoms with Gasteiger partial charge >= 0.3 is 6.01 Å². The predicted octanol–water partition coefficient (Wildman–Crippen LogP) is 6.32. The second-order valence-corrected chi connectivity index (χ2v) is 12.7. The fourth-order valence-electron chi connectivity index (χ4n) is 7.09. The van der Waals surface area contributed by atoms with E-state index < -0.39 is 0 Å². The van der Waals surface area contributed by atoms with Crippen LogP contribution in [0.5, 0.6) is 6.01 Å². The Balaban J connectivity index is 1.11. The summed E-state index contributed by atoms with van der Waals surface area (Å²) in [7, 11) is 2.18. The van der Waals surface area contributed by atoms with Gasteiger partial charge in [0.1, 0.15) is 12.4 Å². The van der Waals surface area contributed by atoms with Gasteiger partial charge in [0.15, 0.2) is 0 Å². The number of hydrogen-bond acceptors (Lipinski definition) is 8. The highest BCUT2D eigenvalue weighted by Gasteiger charge is 2.29. The highest BCUT2D eigenvalue weighted by molar-refractivity contribution is 5.97. The maximum Gasteiger partial charge on any atom is 0.318 e. The van der Waals surface area contributed by atoms with Gasteiger partial charge in [-0.3, -0.25) is 0 Å². The zero-order chi connectivity index (χ0) is 30.6. The minimum Gasteiger partial charge on any atom is -0.462 e. The zero-order valence-electron chi connectivity index (χ0n) is 26.5. The summed E-state index contributed by atoms with van der Waals surface area (Å²) in [4.78, 5) is 26.5. The number of anilines is 2. The average molecular weight is 602 g/mol. The Morgan fingerprint density at radius 2 is 1.71 bits per heavy atom. The second-order valence-electron chi connectivity index (χ2n) is 12.7. The lowest BCUT2D eigenvalue weighted by Gasteiger charge is -2.36. The van der Waals surface area contributed by atoms with Crippen molar-refractivity contribution < 1.29 is 4.74 Å². The summed E-state index contributed by atoms with van der Waals surface area (Å²) in [6.45, 7) is 8.05. The number of ether oxygens (including phenoxy) is 1. The summed E-state index contributed by atoms with van der Waals surface area (Å²) in [6, 6.07) is 27.6. The van der Waals surface area contributed by atoms with E-state index in [0.717, 1.165) is 69.9 Å². The molecule has 7 rings (SSSR count). The van der Waals surface area contributed by atoms with Crippen LogP contribution in [-0.2, 0) is 19.5 Å². The first-order valence-corrected chi connectivity index (χ1v) is 16.5. The number of aliphatic imine (C=N–C) groups is 2. The molecular weight excluding hydrogens is 558 g/mol. The summed E-state index contributed by atoms with van der Waals surface area (Å²) in [5.41, 5.74) is 6.10. The Kier molecular flexibility index (Phi) is 8.76. The number of aromatic nitrogens is 2. The van der Waals surface area contributed by atoms with Gasteiger partial charge < -0.3 is 19.4 Å². The molecule has 1 aromatic heterocycles. The van der Waals surface area contributed by atoms with Crippen molar-refractivity contribution in [3.05, 3.63) is 89.1 Å².